The number of hydrogen-bond donors (Lipinski definition) is 2. The number of para-hydroxylation sites is 1. The summed E-state index contributed by atoms with van der Waals surface area (Å²) in [6, 6.07) is 12.2. The monoisotopic (exact) mass is 536 g/mol. The maximum Gasteiger partial charge on any atom is 0.191 e. The first-order valence-corrected chi connectivity index (χ1v) is 10.6. The van der Waals surface area contributed by atoms with E-state index < -0.39 is 0 Å². The smallest absolute Gasteiger partial charge is 0.191 e. The van der Waals surface area contributed by atoms with Crippen LogP contribution in [0.5, 0.6) is 0 Å². The summed E-state index contributed by atoms with van der Waals surface area (Å²) in [6.45, 7) is 10.4. The fourth-order valence-electron chi connectivity index (χ4n) is 3.11. The van der Waals surface area contributed by atoms with Gasteiger partial charge in [0.25, 0.3) is 0 Å². The fourth-order valence-corrected chi connectivity index (χ4v) is 3.11. The van der Waals surface area contributed by atoms with Crippen molar-refractivity contribution in [3.8, 4) is 5.69 Å². The summed E-state index contributed by atoms with van der Waals surface area (Å²) in [6.07, 6.45) is 4.08. The summed E-state index contributed by atoms with van der Waals surface area (Å²) in [5.74, 6) is 1.92. The number of benzene rings is 1. The highest BCUT2D eigenvalue weighted by Crippen LogP contribution is 2.15. The maximum atomic E-state index is 5.37. The summed E-state index contributed by atoms with van der Waals surface area (Å²) < 4.78 is 7.32. The zero-order valence-electron chi connectivity index (χ0n) is 18.8. The van der Waals surface area contributed by atoms with Crippen LogP contribution in [-0.2, 0) is 13.0 Å². The van der Waals surface area contributed by atoms with Crippen molar-refractivity contribution in [3.63, 3.8) is 0 Å². The van der Waals surface area contributed by atoms with E-state index in [0.717, 1.165) is 54.7 Å². The number of aromatic nitrogens is 3. The Hall–Kier alpha value is -2.36. The minimum Gasteiger partial charge on any atom is -0.359 e. The summed E-state index contributed by atoms with van der Waals surface area (Å²) in [4.78, 5) is 4.61. The van der Waals surface area contributed by atoms with Gasteiger partial charge in [-0.2, -0.15) is 5.10 Å². The Bertz CT molecular complexity index is 948. The van der Waals surface area contributed by atoms with Crippen molar-refractivity contribution >= 4 is 29.9 Å². The highest BCUT2D eigenvalue weighted by Gasteiger charge is 2.08. The molecule has 0 saturated heterocycles. The van der Waals surface area contributed by atoms with Gasteiger partial charge in [0, 0.05) is 25.4 Å². The van der Waals surface area contributed by atoms with Crippen LogP contribution < -0.4 is 10.6 Å². The lowest BCUT2D eigenvalue weighted by Gasteiger charge is -2.10. The van der Waals surface area contributed by atoms with Crippen molar-refractivity contribution < 1.29 is 4.52 Å². The number of nitrogens with one attached hydrogen (secondary N) is 2. The highest BCUT2D eigenvalue weighted by atomic mass is 127. The van der Waals surface area contributed by atoms with Crippen LogP contribution in [0.1, 0.15) is 55.8 Å². The van der Waals surface area contributed by atoms with Crippen LogP contribution in [0.15, 0.2) is 52.1 Å². The zero-order chi connectivity index (χ0) is 21.3. The number of aliphatic imine (C=N–C) groups is 1. The molecule has 31 heavy (non-hydrogen) atoms. The van der Waals surface area contributed by atoms with Crippen LogP contribution >= 0.6 is 24.0 Å². The first kappa shape index (κ1) is 24.9. The Morgan fingerprint density at radius 3 is 2.65 bits per heavy atom. The third-order valence-electron chi connectivity index (χ3n) is 4.84. The summed E-state index contributed by atoms with van der Waals surface area (Å²) >= 11 is 0. The Labute approximate surface area is 201 Å². The predicted octanol–water partition coefficient (Wildman–Crippen LogP) is 4.60. The molecule has 0 amide bonds. The Morgan fingerprint density at radius 1 is 1.19 bits per heavy atom. The highest BCUT2D eigenvalue weighted by molar-refractivity contribution is 14.0. The quantitative estimate of drug-likeness (QED) is 0.181. The van der Waals surface area contributed by atoms with Gasteiger partial charge in [0.05, 0.1) is 17.1 Å². The molecular formula is C23H33IN6O. The molecule has 3 aromatic rings. The molecule has 0 atom stereocenters. The molecule has 0 spiro atoms. The first-order valence-electron chi connectivity index (χ1n) is 10.6. The third kappa shape index (κ3) is 7.37. The summed E-state index contributed by atoms with van der Waals surface area (Å²) in [7, 11) is 0. The zero-order valence-corrected chi connectivity index (χ0v) is 21.1. The van der Waals surface area contributed by atoms with Crippen molar-refractivity contribution in [2.45, 2.75) is 53.0 Å². The van der Waals surface area contributed by atoms with E-state index >= 15 is 0 Å². The van der Waals surface area contributed by atoms with Crippen molar-refractivity contribution in [2.75, 3.05) is 13.1 Å². The molecule has 2 aromatic heterocycles. The number of aryl methyl sites for hydroxylation is 2. The lowest BCUT2D eigenvalue weighted by molar-refractivity contribution is 0.376. The molecule has 2 N–H and O–H groups in total. The number of rotatable bonds is 9. The Balaban J connectivity index is 0.00000341. The average molecular weight is 536 g/mol. The second-order valence-electron chi connectivity index (χ2n) is 7.62. The third-order valence-corrected chi connectivity index (χ3v) is 4.84. The first-order chi connectivity index (χ1) is 14.6. The van der Waals surface area contributed by atoms with E-state index in [-0.39, 0.29) is 24.0 Å². The minimum absolute atomic E-state index is 0. The standard InChI is InChI=1S/C23H32N6O.HI/c1-5-24-23(26-15-21-14-22(17(2)3)28-30-21)25-13-9-10-19-16-29(27-18(19)4)20-11-7-6-8-12-20;/h6-8,11-12,14,16-17H,5,9-10,13,15H2,1-4H3,(H2,24,25,26);1H. The second-order valence-corrected chi connectivity index (χ2v) is 7.62. The van der Waals surface area contributed by atoms with Crippen molar-refractivity contribution in [1.82, 2.24) is 25.6 Å². The van der Waals surface area contributed by atoms with Crippen LogP contribution in [0.3, 0.4) is 0 Å². The Kier molecular flexibility index (Phi) is 10.0. The predicted molar refractivity (Wildman–Crippen MR) is 135 cm³/mol. The fraction of sp³-hybridized carbons (Fsp3) is 0.435. The van der Waals surface area contributed by atoms with Crippen LogP contribution in [0.25, 0.3) is 5.69 Å². The molecule has 0 aliphatic carbocycles. The lowest BCUT2D eigenvalue weighted by Crippen LogP contribution is -2.37. The molecule has 0 fully saturated rings. The van der Waals surface area contributed by atoms with Crippen LogP contribution in [-0.4, -0.2) is 34.0 Å². The Morgan fingerprint density at radius 2 is 1.97 bits per heavy atom. The van der Waals surface area contributed by atoms with E-state index in [4.69, 9.17) is 4.52 Å². The van der Waals surface area contributed by atoms with Crippen LogP contribution in [0, 0.1) is 6.92 Å². The molecule has 3 rings (SSSR count). The van der Waals surface area contributed by atoms with Gasteiger partial charge in [0.2, 0.25) is 0 Å². The molecule has 168 valence electrons. The van der Waals surface area contributed by atoms with Crippen LogP contribution in [0.2, 0.25) is 0 Å². The molecule has 8 heteroatoms. The second kappa shape index (κ2) is 12.5. The van der Waals surface area contributed by atoms with E-state index in [9.17, 15) is 0 Å². The summed E-state index contributed by atoms with van der Waals surface area (Å²) in [5, 5.41) is 15.4. The lowest BCUT2D eigenvalue weighted by atomic mass is 10.1. The molecule has 0 radical (unpaired) electrons. The van der Waals surface area contributed by atoms with Gasteiger partial charge < -0.3 is 15.2 Å². The van der Waals surface area contributed by atoms with E-state index in [0.29, 0.717) is 12.5 Å². The van der Waals surface area contributed by atoms with E-state index in [1.165, 1.54) is 5.56 Å². The number of guanidine groups is 1. The molecule has 1 aromatic carbocycles. The van der Waals surface area contributed by atoms with Gasteiger partial charge in [0.1, 0.15) is 6.54 Å². The number of halogens is 1. The molecule has 0 bridgehead atoms. The number of nitrogens with zero attached hydrogens (tertiary/aromatic N) is 4. The van der Waals surface area contributed by atoms with Gasteiger partial charge in [-0.1, -0.05) is 37.2 Å². The van der Waals surface area contributed by atoms with Gasteiger partial charge in [-0.05, 0) is 50.3 Å². The molecular weight excluding hydrogens is 503 g/mol. The minimum atomic E-state index is 0. The molecule has 0 aliphatic heterocycles. The van der Waals surface area contributed by atoms with Crippen molar-refractivity contribution in [1.29, 1.82) is 0 Å². The maximum absolute atomic E-state index is 5.37. The van der Waals surface area contributed by atoms with Crippen LogP contribution in [0.4, 0.5) is 0 Å². The van der Waals surface area contributed by atoms with Crippen molar-refractivity contribution in [3.05, 3.63) is 65.3 Å². The van der Waals surface area contributed by atoms with Gasteiger partial charge in [-0.25, -0.2) is 9.67 Å². The molecule has 7 nitrogen and oxygen atoms in total. The van der Waals surface area contributed by atoms with Gasteiger partial charge >= 0.3 is 0 Å². The average Bonchev–Trinajstić information content (AvgIpc) is 3.37. The normalized spacial score (nSPS) is 11.5. The largest absolute Gasteiger partial charge is 0.359 e. The van der Waals surface area contributed by atoms with Gasteiger partial charge in [0.15, 0.2) is 11.7 Å². The topological polar surface area (TPSA) is 80.3 Å². The van der Waals surface area contributed by atoms with E-state index in [1.54, 1.807) is 0 Å². The van der Waals surface area contributed by atoms with Gasteiger partial charge in [-0.15, -0.1) is 24.0 Å². The summed E-state index contributed by atoms with van der Waals surface area (Å²) in [5.41, 5.74) is 4.39. The van der Waals surface area contributed by atoms with Gasteiger partial charge in [-0.3, -0.25) is 0 Å². The van der Waals surface area contributed by atoms with E-state index in [2.05, 4.69) is 71.9 Å². The van der Waals surface area contributed by atoms with E-state index in [1.807, 2.05) is 28.9 Å². The SMILES string of the molecule is CCNC(=NCc1cc(C(C)C)no1)NCCCc1cn(-c2ccccc2)nc1C.I. The molecule has 2 heterocycles. The molecule has 0 saturated carbocycles. The number of hydrogen-bond acceptors (Lipinski definition) is 4. The molecule has 0 unspecified atom stereocenters. The molecule has 0 aliphatic rings. The van der Waals surface area contributed by atoms with Crippen molar-refractivity contribution in [2.24, 2.45) is 4.99 Å².